The highest BCUT2D eigenvalue weighted by molar-refractivity contribution is 5.94. The molecule has 0 saturated carbocycles. The van der Waals surface area contributed by atoms with E-state index in [-0.39, 0.29) is 12.5 Å². The van der Waals surface area contributed by atoms with E-state index in [1.54, 1.807) is 0 Å². The first kappa shape index (κ1) is 18.5. The highest BCUT2D eigenvalue weighted by Gasteiger charge is 2.21. The lowest BCUT2D eigenvalue weighted by molar-refractivity contribution is -0.118. The van der Waals surface area contributed by atoms with Crippen molar-refractivity contribution in [3.63, 3.8) is 0 Å². The molecule has 0 bridgehead atoms. The van der Waals surface area contributed by atoms with Crippen molar-refractivity contribution in [3.05, 3.63) is 53.9 Å². The molecule has 2 aromatic carbocycles. The molecule has 0 saturated heterocycles. The van der Waals surface area contributed by atoms with Gasteiger partial charge in [-0.2, -0.15) is 0 Å². The molecule has 1 aliphatic heterocycles. The zero-order valence-electron chi connectivity index (χ0n) is 16.6. The number of carbonyl (C=O) groups is 1. The summed E-state index contributed by atoms with van der Waals surface area (Å²) in [5.41, 5.74) is 3.87. The van der Waals surface area contributed by atoms with E-state index in [4.69, 9.17) is 9.72 Å². The van der Waals surface area contributed by atoms with Crippen molar-refractivity contribution in [1.82, 2.24) is 14.5 Å². The molecule has 0 unspecified atom stereocenters. The summed E-state index contributed by atoms with van der Waals surface area (Å²) in [5, 5.41) is 2.90. The zero-order valence-corrected chi connectivity index (χ0v) is 16.6. The van der Waals surface area contributed by atoms with Gasteiger partial charge in [-0.05, 0) is 56.7 Å². The molecule has 2 heterocycles. The molecule has 0 spiro atoms. The minimum atomic E-state index is -0.184. The summed E-state index contributed by atoms with van der Waals surface area (Å²) in [5.74, 6) is 1.60. The number of benzene rings is 2. The van der Waals surface area contributed by atoms with Gasteiger partial charge in [0.2, 0.25) is 0 Å². The Balaban J connectivity index is 1.44. The number of nitrogens with zero attached hydrogens (tertiary/aromatic N) is 3. The molecule has 0 fully saturated rings. The van der Waals surface area contributed by atoms with Gasteiger partial charge in [-0.15, -0.1) is 0 Å². The van der Waals surface area contributed by atoms with Crippen molar-refractivity contribution in [2.24, 2.45) is 0 Å². The van der Waals surface area contributed by atoms with Gasteiger partial charge in [0, 0.05) is 24.8 Å². The van der Waals surface area contributed by atoms with Crippen molar-refractivity contribution in [2.45, 2.75) is 39.9 Å². The Morgan fingerprint density at radius 2 is 2.07 bits per heavy atom. The first-order valence-corrected chi connectivity index (χ1v) is 9.72. The number of amides is 1. The summed E-state index contributed by atoms with van der Waals surface area (Å²) in [7, 11) is 0. The number of anilines is 1. The normalized spacial score (nSPS) is 14.3. The number of carbonyl (C=O) groups excluding carboxylic acids is 1. The number of nitrogens with one attached hydrogen (secondary N) is 1. The summed E-state index contributed by atoms with van der Waals surface area (Å²) >= 11 is 0. The Kier molecular flexibility index (Phi) is 5.05. The third kappa shape index (κ3) is 3.87. The molecule has 6 heteroatoms. The lowest BCUT2D eigenvalue weighted by atomic mass is 10.2. The van der Waals surface area contributed by atoms with Crippen LogP contribution in [0.1, 0.15) is 25.2 Å². The van der Waals surface area contributed by atoms with Crippen LogP contribution in [0, 0.1) is 6.92 Å². The fraction of sp³-hybridized carbons (Fsp3) is 0.364. The van der Waals surface area contributed by atoms with Crippen LogP contribution in [-0.4, -0.2) is 39.6 Å². The fourth-order valence-electron chi connectivity index (χ4n) is 3.61. The second-order valence-corrected chi connectivity index (χ2v) is 7.60. The van der Waals surface area contributed by atoms with Crippen molar-refractivity contribution in [2.75, 3.05) is 18.5 Å². The molecule has 0 atom stereocenters. The number of hydrogen-bond acceptors (Lipinski definition) is 4. The monoisotopic (exact) mass is 378 g/mol. The smallest absolute Gasteiger partial charge is 0.262 e. The molecule has 0 aliphatic carbocycles. The highest BCUT2D eigenvalue weighted by Crippen LogP contribution is 2.24. The number of aromatic nitrogens is 2. The van der Waals surface area contributed by atoms with E-state index in [9.17, 15) is 4.79 Å². The van der Waals surface area contributed by atoms with Crippen LogP contribution < -0.4 is 10.1 Å². The van der Waals surface area contributed by atoms with Crippen molar-refractivity contribution in [3.8, 4) is 5.75 Å². The Hall–Kier alpha value is -2.86. The predicted molar refractivity (Wildman–Crippen MR) is 111 cm³/mol. The van der Waals surface area contributed by atoms with E-state index in [2.05, 4.69) is 28.6 Å². The highest BCUT2D eigenvalue weighted by atomic mass is 16.5. The number of hydrogen-bond donors (Lipinski definition) is 1. The average molecular weight is 378 g/mol. The van der Waals surface area contributed by atoms with Crippen molar-refractivity contribution in [1.29, 1.82) is 0 Å². The third-order valence-electron chi connectivity index (χ3n) is 5.16. The van der Waals surface area contributed by atoms with Crippen LogP contribution in [0.5, 0.6) is 5.75 Å². The van der Waals surface area contributed by atoms with Gasteiger partial charge < -0.3 is 14.6 Å². The van der Waals surface area contributed by atoms with Crippen LogP contribution in [0.15, 0.2) is 42.5 Å². The lowest BCUT2D eigenvalue weighted by Crippen LogP contribution is -2.38. The van der Waals surface area contributed by atoms with E-state index in [1.165, 1.54) is 0 Å². The lowest BCUT2D eigenvalue weighted by Gasteiger charge is -2.30. The molecule has 1 N–H and O–H groups in total. The van der Waals surface area contributed by atoms with E-state index < -0.39 is 0 Å². The SMILES string of the molecule is Cc1cccc(OCC(=O)Nc2ccc3c(c2)nc2n3CCN(C(C)C)C2)c1. The first-order valence-electron chi connectivity index (χ1n) is 9.72. The summed E-state index contributed by atoms with van der Waals surface area (Å²) in [4.78, 5) is 19.5. The van der Waals surface area contributed by atoms with Gasteiger partial charge in [-0.1, -0.05) is 12.1 Å². The van der Waals surface area contributed by atoms with E-state index in [0.29, 0.717) is 11.8 Å². The summed E-state index contributed by atoms with van der Waals surface area (Å²) < 4.78 is 7.85. The molecule has 1 aliphatic rings. The maximum absolute atomic E-state index is 12.3. The average Bonchev–Trinajstić information content (AvgIpc) is 3.03. The Bertz CT molecular complexity index is 1010. The maximum Gasteiger partial charge on any atom is 0.262 e. The minimum absolute atomic E-state index is 0.0233. The Morgan fingerprint density at radius 3 is 2.86 bits per heavy atom. The zero-order chi connectivity index (χ0) is 19.7. The van der Waals surface area contributed by atoms with Gasteiger partial charge in [0.1, 0.15) is 11.6 Å². The number of rotatable bonds is 5. The van der Waals surface area contributed by atoms with Crippen LogP contribution in [0.3, 0.4) is 0 Å². The van der Waals surface area contributed by atoms with Gasteiger partial charge in [-0.3, -0.25) is 9.69 Å². The largest absolute Gasteiger partial charge is 0.484 e. The summed E-state index contributed by atoms with van der Waals surface area (Å²) in [6, 6.07) is 14.1. The molecule has 28 heavy (non-hydrogen) atoms. The van der Waals surface area contributed by atoms with Gasteiger partial charge in [0.15, 0.2) is 6.61 Å². The topological polar surface area (TPSA) is 59.4 Å². The molecule has 3 aromatic rings. The quantitative estimate of drug-likeness (QED) is 0.737. The summed E-state index contributed by atoms with van der Waals surface area (Å²) in [6.07, 6.45) is 0. The summed E-state index contributed by atoms with van der Waals surface area (Å²) in [6.45, 7) is 9.23. The van der Waals surface area contributed by atoms with Crippen LogP contribution in [-0.2, 0) is 17.9 Å². The number of ether oxygens (including phenoxy) is 1. The molecule has 4 rings (SSSR count). The number of fused-ring (bicyclic) bond motifs is 3. The van der Waals surface area contributed by atoms with Crippen LogP contribution in [0.4, 0.5) is 5.69 Å². The van der Waals surface area contributed by atoms with Crippen LogP contribution >= 0.6 is 0 Å². The second-order valence-electron chi connectivity index (χ2n) is 7.60. The van der Waals surface area contributed by atoms with E-state index >= 15 is 0 Å². The van der Waals surface area contributed by atoms with Gasteiger partial charge >= 0.3 is 0 Å². The second kappa shape index (κ2) is 7.64. The van der Waals surface area contributed by atoms with E-state index in [1.807, 2.05) is 49.4 Å². The van der Waals surface area contributed by atoms with Gasteiger partial charge in [-0.25, -0.2) is 4.98 Å². The number of imidazole rings is 1. The van der Waals surface area contributed by atoms with Gasteiger partial charge in [0.25, 0.3) is 5.91 Å². The molecular weight excluding hydrogens is 352 g/mol. The third-order valence-corrected chi connectivity index (χ3v) is 5.16. The molecule has 146 valence electrons. The molecular formula is C22H26N4O2. The van der Waals surface area contributed by atoms with Crippen LogP contribution in [0.25, 0.3) is 11.0 Å². The maximum atomic E-state index is 12.3. The fourth-order valence-corrected chi connectivity index (χ4v) is 3.61. The molecule has 1 aromatic heterocycles. The van der Waals surface area contributed by atoms with E-state index in [0.717, 1.165) is 47.7 Å². The Labute approximate surface area is 165 Å². The minimum Gasteiger partial charge on any atom is -0.484 e. The standard InChI is InChI=1S/C22H26N4O2/c1-15(2)25-9-10-26-20-8-7-17(12-19(20)24-21(26)13-25)23-22(27)14-28-18-6-4-5-16(3)11-18/h4-8,11-12,15H,9-10,13-14H2,1-3H3,(H,23,27). The van der Waals surface area contributed by atoms with Crippen LogP contribution in [0.2, 0.25) is 0 Å². The van der Waals surface area contributed by atoms with Crippen molar-refractivity contribution >= 4 is 22.6 Å². The van der Waals surface area contributed by atoms with Gasteiger partial charge in [0.05, 0.1) is 17.6 Å². The predicted octanol–water partition coefficient (Wildman–Crippen LogP) is 3.59. The van der Waals surface area contributed by atoms with Crippen molar-refractivity contribution < 1.29 is 9.53 Å². The molecule has 1 amide bonds. The molecule has 0 radical (unpaired) electrons. The number of aryl methyl sites for hydroxylation is 1. The Morgan fingerprint density at radius 1 is 1.21 bits per heavy atom. The molecule has 6 nitrogen and oxygen atoms in total. The first-order chi connectivity index (χ1) is 13.5.